The van der Waals surface area contributed by atoms with Gasteiger partial charge < -0.3 is 10.1 Å². The minimum Gasteiger partial charge on any atom is -0.466 e. The number of aldehydes is 1. The molecule has 2 atom stereocenters. The van der Waals surface area contributed by atoms with Gasteiger partial charge in [0.1, 0.15) is 17.0 Å². The van der Waals surface area contributed by atoms with Gasteiger partial charge in [0.2, 0.25) is 0 Å². The van der Waals surface area contributed by atoms with Crippen molar-refractivity contribution in [1.82, 2.24) is 23.6 Å². The Labute approximate surface area is 258 Å². The fourth-order valence-electron chi connectivity index (χ4n) is 6.96. The second-order valence-corrected chi connectivity index (χ2v) is 13.6. The quantitative estimate of drug-likeness (QED) is 0.185. The summed E-state index contributed by atoms with van der Waals surface area (Å²) in [6.45, 7) is 3.92. The van der Waals surface area contributed by atoms with E-state index in [-0.39, 0.29) is 69.4 Å². The van der Waals surface area contributed by atoms with E-state index in [1.165, 1.54) is 28.9 Å². The Hall–Kier alpha value is -4.65. The van der Waals surface area contributed by atoms with Crippen LogP contribution in [0, 0.1) is 30.5 Å². The number of aryl methyl sites for hydroxylation is 1. The van der Waals surface area contributed by atoms with Gasteiger partial charge in [-0.1, -0.05) is 17.7 Å². The van der Waals surface area contributed by atoms with Crippen LogP contribution in [0.15, 0.2) is 59.8 Å². The molecule has 0 aliphatic heterocycles. The first-order chi connectivity index (χ1) is 21.7. The van der Waals surface area contributed by atoms with Crippen molar-refractivity contribution < 1.29 is 27.1 Å². The molecule has 0 unspecified atom stereocenters. The molecule has 0 spiro atoms. The third-order valence-corrected chi connectivity index (χ3v) is 10.8. The zero-order valence-electron chi connectivity index (χ0n) is 24.7. The summed E-state index contributed by atoms with van der Waals surface area (Å²) in [6, 6.07) is 10.6. The van der Waals surface area contributed by atoms with E-state index >= 15 is 0 Å². The number of hydrogen-bond acceptors (Lipinski definition) is 9. The molecule has 3 fully saturated rings. The summed E-state index contributed by atoms with van der Waals surface area (Å²) in [6.07, 6.45) is 6.75. The molecule has 45 heavy (non-hydrogen) atoms. The number of carbonyl (C=O) groups excluding carboxylic acids is 2. The van der Waals surface area contributed by atoms with Crippen LogP contribution in [0.5, 0.6) is 0 Å². The maximum absolute atomic E-state index is 14.6. The molecular formula is C32H31FN6O5S. The average molecular weight is 631 g/mol. The molecule has 1 aromatic carbocycles. The normalized spacial score (nSPS) is 21.3. The molecule has 0 amide bonds. The van der Waals surface area contributed by atoms with Crippen molar-refractivity contribution in [2.75, 3.05) is 11.9 Å². The molecular weight excluding hydrogens is 599 g/mol. The van der Waals surface area contributed by atoms with Crippen molar-refractivity contribution in [3.8, 4) is 11.4 Å². The topological polar surface area (TPSA) is 138 Å². The second-order valence-electron chi connectivity index (χ2n) is 11.8. The highest BCUT2D eigenvalue weighted by Gasteiger charge is 2.48. The summed E-state index contributed by atoms with van der Waals surface area (Å²) >= 11 is 0. The molecule has 0 radical (unpaired) electrons. The Balaban J connectivity index is 1.40. The number of carbonyl (C=O) groups is 2. The summed E-state index contributed by atoms with van der Waals surface area (Å²) in [5.41, 5.74) is 1.84. The number of hydrogen-bond donors (Lipinski definition) is 1. The summed E-state index contributed by atoms with van der Waals surface area (Å²) in [5, 5.41) is 8.30. The Morgan fingerprint density at radius 2 is 1.84 bits per heavy atom. The third kappa shape index (κ3) is 4.85. The monoisotopic (exact) mass is 630 g/mol. The third-order valence-electron chi connectivity index (χ3n) is 9.14. The van der Waals surface area contributed by atoms with Gasteiger partial charge >= 0.3 is 5.97 Å². The van der Waals surface area contributed by atoms with Crippen LogP contribution in [0.1, 0.15) is 48.7 Å². The molecule has 3 aliphatic rings. The molecule has 3 saturated carbocycles. The SMILES string of the molecule is CCOC(=O)[C@H]1[C@H]2CC[C@H](CC2)[C@@H]1Nc1nc(-c2cn(S(=O)(=O)c3ccc(C)cc3)c3ncc(F)cc23)nn2c(C=O)ccc12. The van der Waals surface area contributed by atoms with Crippen LogP contribution in [0.4, 0.5) is 10.2 Å². The van der Waals surface area contributed by atoms with Crippen LogP contribution < -0.4 is 5.32 Å². The largest absolute Gasteiger partial charge is 0.466 e. The summed E-state index contributed by atoms with van der Waals surface area (Å²) in [7, 11) is -4.14. The Kier molecular flexibility index (Phi) is 7.15. The van der Waals surface area contributed by atoms with E-state index in [4.69, 9.17) is 9.72 Å². The molecule has 11 nitrogen and oxygen atoms in total. The number of rotatable bonds is 8. The maximum Gasteiger partial charge on any atom is 0.311 e. The lowest BCUT2D eigenvalue weighted by atomic mass is 9.61. The molecule has 4 aromatic heterocycles. The van der Waals surface area contributed by atoms with E-state index in [0.29, 0.717) is 17.6 Å². The molecule has 0 saturated heterocycles. The van der Waals surface area contributed by atoms with Crippen molar-refractivity contribution in [2.45, 2.75) is 50.5 Å². The van der Waals surface area contributed by atoms with Crippen LogP contribution in [-0.2, 0) is 19.6 Å². The van der Waals surface area contributed by atoms with E-state index in [2.05, 4.69) is 15.4 Å². The van der Waals surface area contributed by atoms with Gasteiger partial charge in [0, 0.05) is 23.2 Å². The minimum atomic E-state index is -4.14. The van der Waals surface area contributed by atoms with Crippen LogP contribution in [0.25, 0.3) is 27.9 Å². The van der Waals surface area contributed by atoms with Crippen molar-refractivity contribution in [3.63, 3.8) is 0 Å². The Morgan fingerprint density at radius 1 is 1.11 bits per heavy atom. The molecule has 5 aromatic rings. The lowest BCUT2D eigenvalue weighted by Gasteiger charge is -2.47. The first kappa shape index (κ1) is 29.1. The number of esters is 1. The van der Waals surface area contributed by atoms with Crippen LogP contribution in [0.3, 0.4) is 0 Å². The first-order valence-corrected chi connectivity index (χ1v) is 16.4. The van der Waals surface area contributed by atoms with Crippen molar-refractivity contribution in [2.24, 2.45) is 17.8 Å². The van der Waals surface area contributed by atoms with E-state index < -0.39 is 15.8 Å². The highest BCUT2D eigenvalue weighted by Crippen LogP contribution is 2.47. The Bertz CT molecular complexity index is 2070. The summed E-state index contributed by atoms with van der Waals surface area (Å²) in [4.78, 5) is 34.2. The predicted octanol–water partition coefficient (Wildman–Crippen LogP) is 5.02. The van der Waals surface area contributed by atoms with Crippen molar-refractivity contribution in [3.05, 3.63) is 71.9 Å². The van der Waals surface area contributed by atoms with E-state index in [9.17, 15) is 22.4 Å². The molecule has 2 bridgehead atoms. The number of aromatic nitrogens is 5. The molecule has 4 heterocycles. The van der Waals surface area contributed by atoms with Gasteiger partial charge in [0.25, 0.3) is 10.0 Å². The predicted molar refractivity (Wildman–Crippen MR) is 164 cm³/mol. The van der Waals surface area contributed by atoms with E-state index in [1.807, 2.05) is 6.92 Å². The number of benzene rings is 1. The summed E-state index contributed by atoms with van der Waals surface area (Å²) in [5.74, 6) is -0.470. The maximum atomic E-state index is 14.6. The van der Waals surface area contributed by atoms with Crippen molar-refractivity contribution >= 4 is 44.6 Å². The fourth-order valence-corrected chi connectivity index (χ4v) is 8.28. The molecule has 232 valence electrons. The average Bonchev–Trinajstić information content (AvgIpc) is 3.63. The lowest BCUT2D eigenvalue weighted by Crippen LogP contribution is -2.52. The van der Waals surface area contributed by atoms with Crippen LogP contribution in [0.2, 0.25) is 0 Å². The Morgan fingerprint density at radius 3 is 2.56 bits per heavy atom. The van der Waals surface area contributed by atoms with Gasteiger partial charge in [-0.05, 0) is 81.7 Å². The van der Waals surface area contributed by atoms with Gasteiger partial charge in [0.15, 0.2) is 23.6 Å². The minimum absolute atomic E-state index is 0.000244. The molecule has 8 rings (SSSR count). The number of fused-ring (bicyclic) bond motifs is 5. The molecule has 3 aliphatic carbocycles. The second kappa shape index (κ2) is 11.1. The van der Waals surface area contributed by atoms with E-state index in [1.54, 1.807) is 31.2 Å². The summed E-state index contributed by atoms with van der Waals surface area (Å²) < 4.78 is 50.1. The number of ether oxygens (including phenoxy) is 1. The van der Waals surface area contributed by atoms with Crippen LogP contribution >= 0.6 is 0 Å². The number of anilines is 1. The van der Waals surface area contributed by atoms with Crippen LogP contribution in [-0.4, -0.2) is 56.9 Å². The van der Waals surface area contributed by atoms with Crippen molar-refractivity contribution in [1.29, 1.82) is 0 Å². The highest BCUT2D eigenvalue weighted by atomic mass is 32.2. The number of halogens is 1. The smallest absolute Gasteiger partial charge is 0.311 e. The standard InChI is InChI=1S/C32H31FN6O5S/c1-3-44-32(41)27-19-6-8-20(9-7-19)28(27)35-30-26-13-10-22(17-40)39(26)37-29(36-30)25-16-38(31-24(25)14-21(33)15-34-31)45(42,43)23-11-4-18(2)5-12-23/h4-5,10-17,19-20,27-28H,3,6-9H2,1-2H3,(H,35,36,37)/t19-,20+,27-,28-/m0/s1. The lowest BCUT2D eigenvalue weighted by molar-refractivity contribution is -0.154. The number of pyridine rings is 1. The zero-order chi connectivity index (χ0) is 31.5. The fraction of sp³-hybridized carbons (Fsp3) is 0.344. The zero-order valence-corrected chi connectivity index (χ0v) is 25.5. The van der Waals surface area contributed by atoms with E-state index in [0.717, 1.165) is 41.4 Å². The van der Waals surface area contributed by atoms with Gasteiger partial charge in [0.05, 0.1) is 23.6 Å². The van der Waals surface area contributed by atoms with Gasteiger partial charge in [-0.25, -0.2) is 31.3 Å². The van der Waals surface area contributed by atoms with Gasteiger partial charge in [-0.15, -0.1) is 5.10 Å². The number of nitrogens with one attached hydrogen (secondary N) is 1. The van der Waals surface area contributed by atoms with Gasteiger partial charge in [-0.2, -0.15) is 0 Å². The van der Waals surface area contributed by atoms with Gasteiger partial charge in [-0.3, -0.25) is 9.59 Å². The highest BCUT2D eigenvalue weighted by molar-refractivity contribution is 7.90. The molecule has 13 heteroatoms. The first-order valence-electron chi connectivity index (χ1n) is 15.0. The molecule has 1 N–H and O–H groups in total. The number of nitrogens with zero attached hydrogens (tertiary/aromatic N) is 5.